The summed E-state index contributed by atoms with van der Waals surface area (Å²) in [6.07, 6.45) is 1.56. The minimum atomic E-state index is -0.387. The van der Waals surface area contributed by atoms with Crippen LogP contribution in [0, 0.1) is 0 Å². The van der Waals surface area contributed by atoms with Crippen LogP contribution >= 0.6 is 23.2 Å². The van der Waals surface area contributed by atoms with Crippen molar-refractivity contribution in [1.82, 2.24) is 4.98 Å². The molecule has 104 valence electrons. The number of nitrogens with zero attached hydrogens (tertiary/aromatic N) is 1. The van der Waals surface area contributed by atoms with Crippen molar-refractivity contribution in [1.29, 1.82) is 0 Å². The fourth-order valence-electron chi connectivity index (χ4n) is 1.48. The molecule has 0 unspecified atom stereocenters. The van der Waals surface area contributed by atoms with Crippen LogP contribution in [0.15, 0.2) is 36.5 Å². The predicted molar refractivity (Wildman–Crippen MR) is 82.9 cm³/mol. The Hall–Kier alpha value is -1.98. The van der Waals surface area contributed by atoms with Crippen LogP contribution in [0.4, 0.5) is 22.0 Å². The van der Waals surface area contributed by atoms with E-state index in [9.17, 15) is 4.79 Å². The highest BCUT2D eigenvalue weighted by molar-refractivity contribution is 6.42. The predicted octanol–water partition coefficient (Wildman–Crippen LogP) is 4.07. The smallest absolute Gasteiger partial charge is 0.323 e. The van der Waals surface area contributed by atoms with Gasteiger partial charge in [-0.3, -0.25) is 0 Å². The number of anilines is 3. The van der Waals surface area contributed by atoms with Crippen LogP contribution in [0.5, 0.6) is 0 Å². The number of carbonyl (C=O) groups is 1. The van der Waals surface area contributed by atoms with E-state index in [1.165, 1.54) is 0 Å². The van der Waals surface area contributed by atoms with E-state index in [1.807, 2.05) is 0 Å². The third-order valence-electron chi connectivity index (χ3n) is 2.45. The molecular weight excluding hydrogens is 299 g/mol. The summed E-state index contributed by atoms with van der Waals surface area (Å²) >= 11 is 11.7. The Kier molecular flexibility index (Phi) is 4.65. The molecule has 0 fully saturated rings. The topological polar surface area (TPSA) is 66.0 Å². The zero-order chi connectivity index (χ0) is 14.5. The Bertz CT molecular complexity index is 616. The largest absolute Gasteiger partial charge is 0.373 e. The SMILES string of the molecule is CNc1ccc(NC(=O)Nc2ccc(Cl)c(Cl)c2)cn1. The Labute approximate surface area is 126 Å². The van der Waals surface area contributed by atoms with Crippen LogP contribution in [0.25, 0.3) is 0 Å². The highest BCUT2D eigenvalue weighted by Crippen LogP contribution is 2.25. The molecule has 5 nitrogen and oxygen atoms in total. The van der Waals surface area contributed by atoms with Gasteiger partial charge in [0.1, 0.15) is 5.82 Å². The molecule has 0 spiro atoms. The van der Waals surface area contributed by atoms with Gasteiger partial charge in [-0.2, -0.15) is 0 Å². The molecule has 0 aliphatic rings. The van der Waals surface area contributed by atoms with Crippen molar-refractivity contribution in [2.45, 2.75) is 0 Å². The first kappa shape index (κ1) is 14.4. The minimum Gasteiger partial charge on any atom is -0.373 e. The summed E-state index contributed by atoms with van der Waals surface area (Å²) in [5.41, 5.74) is 1.14. The summed E-state index contributed by atoms with van der Waals surface area (Å²) in [7, 11) is 1.77. The van der Waals surface area contributed by atoms with Gasteiger partial charge in [0, 0.05) is 12.7 Å². The molecule has 0 bridgehead atoms. The van der Waals surface area contributed by atoms with Gasteiger partial charge in [0.05, 0.1) is 21.9 Å². The Balaban J connectivity index is 1.99. The molecule has 0 saturated heterocycles. The van der Waals surface area contributed by atoms with Crippen LogP contribution in [-0.4, -0.2) is 18.1 Å². The molecule has 1 aromatic heterocycles. The number of hydrogen-bond acceptors (Lipinski definition) is 3. The lowest BCUT2D eigenvalue weighted by molar-refractivity contribution is 0.262. The molecule has 0 saturated carbocycles. The summed E-state index contributed by atoms with van der Waals surface area (Å²) in [5, 5.41) is 9.02. The average molecular weight is 311 g/mol. The van der Waals surface area contributed by atoms with Crippen LogP contribution in [0.3, 0.4) is 0 Å². The van der Waals surface area contributed by atoms with Gasteiger partial charge < -0.3 is 16.0 Å². The lowest BCUT2D eigenvalue weighted by atomic mass is 10.3. The minimum absolute atomic E-state index is 0.379. The molecule has 1 aromatic carbocycles. The van der Waals surface area contributed by atoms with E-state index in [4.69, 9.17) is 23.2 Å². The molecular formula is C13H12Cl2N4O. The molecule has 3 N–H and O–H groups in total. The first-order valence-electron chi connectivity index (χ1n) is 5.75. The fourth-order valence-corrected chi connectivity index (χ4v) is 1.78. The monoisotopic (exact) mass is 310 g/mol. The highest BCUT2D eigenvalue weighted by Gasteiger charge is 2.05. The first-order chi connectivity index (χ1) is 9.58. The van der Waals surface area contributed by atoms with E-state index in [-0.39, 0.29) is 6.03 Å². The van der Waals surface area contributed by atoms with E-state index >= 15 is 0 Å². The van der Waals surface area contributed by atoms with Crippen molar-refractivity contribution in [3.05, 3.63) is 46.6 Å². The zero-order valence-electron chi connectivity index (χ0n) is 10.6. The van der Waals surface area contributed by atoms with Gasteiger partial charge in [-0.15, -0.1) is 0 Å². The molecule has 1 heterocycles. The van der Waals surface area contributed by atoms with Crippen molar-refractivity contribution in [2.24, 2.45) is 0 Å². The van der Waals surface area contributed by atoms with Crippen molar-refractivity contribution < 1.29 is 4.79 Å². The zero-order valence-corrected chi connectivity index (χ0v) is 12.1. The summed E-state index contributed by atoms with van der Waals surface area (Å²) in [4.78, 5) is 15.9. The molecule has 2 aromatic rings. The average Bonchev–Trinajstić information content (AvgIpc) is 2.44. The summed E-state index contributed by atoms with van der Waals surface area (Å²) < 4.78 is 0. The van der Waals surface area contributed by atoms with Gasteiger partial charge >= 0.3 is 6.03 Å². The Morgan fingerprint density at radius 2 is 1.75 bits per heavy atom. The molecule has 0 atom stereocenters. The van der Waals surface area contributed by atoms with E-state index in [0.29, 0.717) is 21.4 Å². The second kappa shape index (κ2) is 6.45. The third kappa shape index (κ3) is 3.76. The highest BCUT2D eigenvalue weighted by atomic mass is 35.5. The number of hydrogen-bond donors (Lipinski definition) is 3. The lowest BCUT2D eigenvalue weighted by Gasteiger charge is -2.08. The normalized spacial score (nSPS) is 9.95. The maximum absolute atomic E-state index is 11.8. The van der Waals surface area contributed by atoms with Crippen LogP contribution in [-0.2, 0) is 0 Å². The second-order valence-electron chi connectivity index (χ2n) is 3.89. The van der Waals surface area contributed by atoms with Gasteiger partial charge in [0.25, 0.3) is 0 Å². The van der Waals surface area contributed by atoms with Gasteiger partial charge in [-0.1, -0.05) is 23.2 Å². The number of urea groups is 1. The van der Waals surface area contributed by atoms with E-state index in [2.05, 4.69) is 20.9 Å². The maximum Gasteiger partial charge on any atom is 0.323 e. The number of benzene rings is 1. The number of aromatic nitrogens is 1. The number of carbonyl (C=O) groups excluding carboxylic acids is 1. The van der Waals surface area contributed by atoms with Gasteiger partial charge in [0.2, 0.25) is 0 Å². The first-order valence-corrected chi connectivity index (χ1v) is 6.51. The fraction of sp³-hybridized carbons (Fsp3) is 0.0769. The van der Waals surface area contributed by atoms with Crippen LogP contribution in [0.2, 0.25) is 10.0 Å². The number of halogens is 2. The lowest BCUT2D eigenvalue weighted by Crippen LogP contribution is -2.19. The van der Waals surface area contributed by atoms with Crippen molar-refractivity contribution in [2.75, 3.05) is 23.0 Å². The summed E-state index contributed by atoms with van der Waals surface area (Å²) in [5.74, 6) is 0.723. The van der Waals surface area contributed by atoms with Crippen molar-refractivity contribution in [3.63, 3.8) is 0 Å². The second-order valence-corrected chi connectivity index (χ2v) is 4.70. The van der Waals surface area contributed by atoms with Crippen LogP contribution in [0.1, 0.15) is 0 Å². The Morgan fingerprint density at radius 3 is 2.35 bits per heavy atom. The number of amides is 2. The van der Waals surface area contributed by atoms with E-state index in [1.54, 1.807) is 43.6 Å². The molecule has 7 heteroatoms. The molecule has 0 radical (unpaired) electrons. The van der Waals surface area contributed by atoms with Gasteiger partial charge in [-0.05, 0) is 30.3 Å². The molecule has 2 rings (SSSR count). The summed E-state index contributed by atoms with van der Waals surface area (Å²) in [6.45, 7) is 0. The van der Waals surface area contributed by atoms with Crippen LogP contribution < -0.4 is 16.0 Å². The van der Waals surface area contributed by atoms with Crippen molar-refractivity contribution >= 4 is 46.4 Å². The molecule has 0 aliphatic heterocycles. The quantitative estimate of drug-likeness (QED) is 0.800. The summed E-state index contributed by atoms with van der Waals surface area (Å²) in [6, 6.07) is 7.97. The number of rotatable bonds is 3. The number of pyridine rings is 1. The van der Waals surface area contributed by atoms with E-state index in [0.717, 1.165) is 5.82 Å². The molecule has 0 aliphatic carbocycles. The molecule has 2 amide bonds. The molecule has 20 heavy (non-hydrogen) atoms. The van der Waals surface area contributed by atoms with Crippen molar-refractivity contribution in [3.8, 4) is 0 Å². The Morgan fingerprint density at radius 1 is 1.05 bits per heavy atom. The number of nitrogens with one attached hydrogen (secondary N) is 3. The standard InChI is InChI=1S/C13H12Cl2N4O/c1-16-12-5-3-9(7-17-12)19-13(20)18-8-2-4-10(14)11(15)6-8/h2-7H,1H3,(H,16,17)(H2,18,19,20). The van der Waals surface area contributed by atoms with E-state index < -0.39 is 0 Å². The maximum atomic E-state index is 11.8. The van der Waals surface area contributed by atoms with Gasteiger partial charge in [-0.25, -0.2) is 9.78 Å². The third-order valence-corrected chi connectivity index (χ3v) is 3.19. The van der Waals surface area contributed by atoms with Gasteiger partial charge in [0.15, 0.2) is 0 Å².